The Morgan fingerprint density at radius 3 is 3.38 bits per heavy atom. The van der Waals surface area contributed by atoms with Crippen LogP contribution in [0.5, 0.6) is 0 Å². The molecule has 1 unspecified atom stereocenters. The van der Waals surface area contributed by atoms with Gasteiger partial charge in [0.1, 0.15) is 5.50 Å². The number of hydrogen-bond donors (Lipinski definition) is 2. The van der Waals surface area contributed by atoms with E-state index >= 15 is 0 Å². The smallest absolute Gasteiger partial charge is 0.133 e. The molecule has 1 fully saturated rings. The number of hydrogen-bond acceptors (Lipinski definition) is 4. The summed E-state index contributed by atoms with van der Waals surface area (Å²) in [6.45, 7) is 2.19. The topological polar surface area (TPSA) is 41.3 Å². The fraction of sp³-hybridized carbons (Fsp3) is 0.333. The van der Waals surface area contributed by atoms with Gasteiger partial charge in [-0.15, -0.1) is 0 Å². The molecule has 2 aliphatic heterocycles. The number of nitrogen functional groups attached to an aromatic ring is 1. The molecule has 2 heterocycles. The minimum absolute atomic E-state index is 0.441. The molecule has 0 aromatic heterocycles. The number of nitrogens with zero attached hydrogens (tertiary/aromatic N) is 1. The van der Waals surface area contributed by atoms with Crippen LogP contribution in [-0.2, 0) is 0 Å². The van der Waals surface area contributed by atoms with Crippen molar-refractivity contribution in [3.63, 3.8) is 0 Å². The molecule has 3 nitrogen and oxygen atoms in total. The van der Waals surface area contributed by atoms with E-state index in [0.717, 1.165) is 18.8 Å². The summed E-state index contributed by atoms with van der Waals surface area (Å²) < 4.78 is 0. The second-order valence-electron chi connectivity index (χ2n) is 3.34. The fourth-order valence-corrected chi connectivity index (χ4v) is 3.17. The van der Waals surface area contributed by atoms with Gasteiger partial charge in [-0.05, 0) is 18.2 Å². The lowest BCUT2D eigenvalue weighted by atomic mass is 10.2. The largest absolute Gasteiger partial charge is 0.399 e. The lowest BCUT2D eigenvalue weighted by Gasteiger charge is -2.15. The Bertz CT molecular complexity index is 353. The van der Waals surface area contributed by atoms with E-state index in [-0.39, 0.29) is 0 Å². The molecule has 68 valence electrons. The first kappa shape index (κ1) is 7.53. The predicted molar refractivity (Wildman–Crippen MR) is 55.8 cm³/mol. The van der Waals surface area contributed by atoms with Crippen molar-refractivity contribution in [2.24, 2.45) is 0 Å². The number of rotatable bonds is 0. The van der Waals surface area contributed by atoms with Crippen LogP contribution in [0.2, 0.25) is 0 Å². The van der Waals surface area contributed by atoms with Crippen LogP contribution in [0.15, 0.2) is 23.1 Å². The predicted octanol–water partition coefficient (Wildman–Crippen LogP) is 1.07. The van der Waals surface area contributed by atoms with Gasteiger partial charge in [0.05, 0.1) is 5.69 Å². The molecule has 0 radical (unpaired) electrons. The van der Waals surface area contributed by atoms with Crippen molar-refractivity contribution in [1.29, 1.82) is 0 Å². The van der Waals surface area contributed by atoms with E-state index in [1.54, 1.807) is 0 Å². The van der Waals surface area contributed by atoms with Gasteiger partial charge in [-0.3, -0.25) is 5.32 Å². The molecule has 0 aliphatic carbocycles. The van der Waals surface area contributed by atoms with Crippen LogP contribution in [0.25, 0.3) is 0 Å². The zero-order chi connectivity index (χ0) is 8.84. The number of anilines is 2. The van der Waals surface area contributed by atoms with Gasteiger partial charge >= 0.3 is 0 Å². The maximum atomic E-state index is 5.73. The minimum Gasteiger partial charge on any atom is -0.399 e. The minimum atomic E-state index is 0.441. The number of thioether (sulfide) groups is 1. The van der Waals surface area contributed by atoms with Crippen LogP contribution in [0, 0.1) is 0 Å². The third kappa shape index (κ3) is 1.02. The summed E-state index contributed by atoms with van der Waals surface area (Å²) >= 11 is 1.86. The van der Waals surface area contributed by atoms with Crippen molar-refractivity contribution in [2.45, 2.75) is 10.4 Å². The van der Waals surface area contributed by atoms with Gasteiger partial charge in [0.25, 0.3) is 0 Å². The second-order valence-corrected chi connectivity index (χ2v) is 4.47. The third-order valence-electron chi connectivity index (χ3n) is 2.49. The summed E-state index contributed by atoms with van der Waals surface area (Å²) in [6, 6.07) is 6.14. The van der Waals surface area contributed by atoms with Gasteiger partial charge < -0.3 is 10.6 Å². The van der Waals surface area contributed by atoms with Gasteiger partial charge in [-0.25, -0.2) is 0 Å². The molecule has 4 heteroatoms. The number of nitrogens with two attached hydrogens (primary N) is 1. The van der Waals surface area contributed by atoms with Crippen molar-refractivity contribution >= 4 is 23.1 Å². The van der Waals surface area contributed by atoms with Crippen LogP contribution in [0.4, 0.5) is 11.4 Å². The zero-order valence-electron chi connectivity index (χ0n) is 7.16. The molecular weight excluding hydrogens is 182 g/mol. The SMILES string of the molecule is Nc1ccc2c(c1)SC1NCCN21. The maximum Gasteiger partial charge on any atom is 0.133 e. The summed E-state index contributed by atoms with van der Waals surface area (Å²) in [7, 11) is 0. The zero-order valence-corrected chi connectivity index (χ0v) is 7.97. The summed E-state index contributed by atoms with van der Waals surface area (Å²) in [5, 5.41) is 3.43. The number of benzene rings is 1. The highest BCUT2D eigenvalue weighted by Crippen LogP contribution is 2.44. The Kier molecular flexibility index (Phi) is 1.48. The first-order valence-corrected chi connectivity index (χ1v) is 5.29. The molecule has 1 aromatic carbocycles. The maximum absolute atomic E-state index is 5.73. The average Bonchev–Trinajstić information content (AvgIpc) is 2.62. The van der Waals surface area contributed by atoms with E-state index in [0.29, 0.717) is 5.50 Å². The first-order chi connectivity index (χ1) is 6.34. The number of nitrogens with one attached hydrogen (secondary N) is 1. The standard InChI is InChI=1S/C9H11N3S/c10-6-1-2-7-8(5-6)13-9-11-3-4-12(7)9/h1-2,5,9,11H,3-4,10H2. The van der Waals surface area contributed by atoms with Gasteiger partial charge in [0.2, 0.25) is 0 Å². The third-order valence-corrected chi connectivity index (χ3v) is 3.71. The molecule has 13 heavy (non-hydrogen) atoms. The first-order valence-electron chi connectivity index (χ1n) is 4.41. The average molecular weight is 193 g/mol. The molecule has 1 saturated heterocycles. The molecule has 0 saturated carbocycles. The van der Waals surface area contributed by atoms with E-state index in [9.17, 15) is 0 Å². The Morgan fingerprint density at radius 1 is 1.54 bits per heavy atom. The van der Waals surface area contributed by atoms with Crippen LogP contribution >= 0.6 is 11.8 Å². The second kappa shape index (κ2) is 2.56. The molecule has 0 spiro atoms. The molecule has 1 aromatic rings. The van der Waals surface area contributed by atoms with Crippen molar-refractivity contribution in [3.8, 4) is 0 Å². The van der Waals surface area contributed by atoms with Gasteiger partial charge in [0.15, 0.2) is 0 Å². The Morgan fingerprint density at radius 2 is 2.46 bits per heavy atom. The molecule has 0 bridgehead atoms. The summed E-state index contributed by atoms with van der Waals surface area (Å²) in [4.78, 5) is 3.69. The van der Waals surface area contributed by atoms with Crippen LogP contribution < -0.4 is 16.0 Å². The van der Waals surface area contributed by atoms with E-state index in [1.807, 2.05) is 17.8 Å². The molecular formula is C9H11N3S. The van der Waals surface area contributed by atoms with Gasteiger partial charge in [-0.2, -0.15) is 0 Å². The highest BCUT2D eigenvalue weighted by atomic mass is 32.2. The monoisotopic (exact) mass is 193 g/mol. The molecule has 1 atom stereocenters. The fourth-order valence-electron chi connectivity index (χ4n) is 1.87. The molecule has 0 amide bonds. The highest BCUT2D eigenvalue weighted by Gasteiger charge is 2.33. The molecule has 2 aliphatic rings. The lowest BCUT2D eigenvalue weighted by Crippen LogP contribution is -2.28. The normalized spacial score (nSPS) is 24.6. The van der Waals surface area contributed by atoms with Gasteiger partial charge in [0, 0.05) is 23.7 Å². The van der Waals surface area contributed by atoms with Crippen molar-refractivity contribution in [1.82, 2.24) is 5.32 Å². The summed E-state index contributed by atoms with van der Waals surface area (Å²) in [5.41, 5.74) is 8.35. The number of fused-ring (bicyclic) bond motifs is 3. The molecule has 3 rings (SSSR count). The van der Waals surface area contributed by atoms with Crippen molar-refractivity contribution in [3.05, 3.63) is 18.2 Å². The summed E-state index contributed by atoms with van der Waals surface area (Å²) in [6.07, 6.45) is 0. The Labute approximate surface area is 81.3 Å². The Hall–Kier alpha value is -0.870. The highest BCUT2D eigenvalue weighted by molar-refractivity contribution is 8.00. The van der Waals surface area contributed by atoms with E-state index in [4.69, 9.17) is 5.73 Å². The van der Waals surface area contributed by atoms with E-state index in [2.05, 4.69) is 22.3 Å². The van der Waals surface area contributed by atoms with E-state index < -0.39 is 0 Å². The van der Waals surface area contributed by atoms with Crippen molar-refractivity contribution in [2.75, 3.05) is 23.7 Å². The van der Waals surface area contributed by atoms with Gasteiger partial charge in [-0.1, -0.05) is 11.8 Å². The van der Waals surface area contributed by atoms with Crippen molar-refractivity contribution < 1.29 is 0 Å². The van der Waals surface area contributed by atoms with E-state index in [1.165, 1.54) is 10.6 Å². The molecule has 3 N–H and O–H groups in total. The van der Waals surface area contributed by atoms with Crippen LogP contribution in [0.3, 0.4) is 0 Å². The van der Waals surface area contributed by atoms with Crippen LogP contribution in [0.1, 0.15) is 0 Å². The van der Waals surface area contributed by atoms with Crippen LogP contribution in [-0.4, -0.2) is 18.6 Å². The summed E-state index contributed by atoms with van der Waals surface area (Å²) in [5.74, 6) is 0. The Balaban J connectivity index is 2.08. The lowest BCUT2D eigenvalue weighted by molar-refractivity contribution is 0.809. The quantitative estimate of drug-likeness (QED) is 0.605.